The van der Waals surface area contributed by atoms with Crippen molar-refractivity contribution in [3.8, 4) is 11.3 Å². The van der Waals surface area contributed by atoms with E-state index in [-0.39, 0.29) is 11.5 Å². The van der Waals surface area contributed by atoms with Crippen molar-refractivity contribution in [2.75, 3.05) is 5.32 Å². The van der Waals surface area contributed by atoms with Crippen molar-refractivity contribution in [1.82, 2.24) is 4.57 Å². The average Bonchev–Trinajstić information content (AvgIpc) is 3.53. The van der Waals surface area contributed by atoms with Crippen LogP contribution in [0.5, 0.6) is 0 Å². The minimum Gasteiger partial charge on any atom is -0.457 e. The molecule has 0 unspecified atom stereocenters. The van der Waals surface area contributed by atoms with Gasteiger partial charge in [-0.25, -0.2) is 4.99 Å². The molecule has 0 bridgehead atoms. The molecule has 1 aliphatic heterocycles. The Morgan fingerprint density at radius 2 is 1.75 bits per heavy atom. The summed E-state index contributed by atoms with van der Waals surface area (Å²) in [6.45, 7) is 1.78. The largest absolute Gasteiger partial charge is 0.457 e. The topological polar surface area (TPSA) is 76.6 Å². The normalized spacial score (nSPS) is 15.1. The number of para-hydroxylation sites is 1. The molecule has 40 heavy (non-hydrogen) atoms. The monoisotopic (exact) mass is 629 g/mol. The van der Waals surface area contributed by atoms with Gasteiger partial charge in [-0.05, 0) is 55.0 Å². The molecule has 9 heteroatoms. The van der Waals surface area contributed by atoms with Gasteiger partial charge in [0.1, 0.15) is 11.5 Å². The number of hydrogen-bond donors (Lipinski definition) is 1. The van der Waals surface area contributed by atoms with Gasteiger partial charge in [0, 0.05) is 26.8 Å². The number of nitrogens with zero attached hydrogens (tertiary/aromatic N) is 2. The van der Waals surface area contributed by atoms with Gasteiger partial charge in [-0.2, -0.15) is 0 Å². The molecule has 6 rings (SSSR count). The molecule has 5 aromatic rings. The van der Waals surface area contributed by atoms with Gasteiger partial charge < -0.3 is 9.73 Å². The minimum absolute atomic E-state index is 0.284. The van der Waals surface area contributed by atoms with E-state index in [1.807, 2.05) is 72.8 Å². The number of halogens is 2. The van der Waals surface area contributed by atoms with E-state index in [4.69, 9.17) is 16.0 Å². The number of nitrogens with one attached hydrogen (secondary N) is 1. The number of anilines is 1. The van der Waals surface area contributed by atoms with Gasteiger partial charge in [-0.15, -0.1) is 0 Å². The van der Waals surface area contributed by atoms with E-state index in [2.05, 4.69) is 26.2 Å². The smallest absolute Gasteiger partial charge is 0.271 e. The Labute approximate surface area is 246 Å². The molecule has 0 radical (unpaired) electrons. The quantitative estimate of drug-likeness (QED) is 0.239. The Bertz CT molecular complexity index is 1960. The van der Waals surface area contributed by atoms with Crippen LogP contribution in [-0.4, -0.2) is 10.5 Å². The first-order valence-electron chi connectivity index (χ1n) is 12.4. The van der Waals surface area contributed by atoms with E-state index >= 15 is 0 Å². The van der Waals surface area contributed by atoms with E-state index in [1.54, 1.807) is 35.8 Å². The number of fused-ring (bicyclic) bond motifs is 1. The van der Waals surface area contributed by atoms with E-state index < -0.39 is 6.04 Å². The van der Waals surface area contributed by atoms with Crippen LogP contribution in [0.3, 0.4) is 0 Å². The van der Waals surface area contributed by atoms with Crippen LogP contribution in [0.2, 0.25) is 5.02 Å². The van der Waals surface area contributed by atoms with Gasteiger partial charge in [-0.1, -0.05) is 87.4 Å². The third kappa shape index (κ3) is 5.01. The lowest BCUT2D eigenvalue weighted by Crippen LogP contribution is -2.40. The molecule has 1 aliphatic rings. The van der Waals surface area contributed by atoms with E-state index in [9.17, 15) is 9.59 Å². The fraction of sp³-hybridized carbons (Fsp3) is 0.0645. The second-order valence-electron chi connectivity index (χ2n) is 9.13. The number of hydrogen-bond acceptors (Lipinski definition) is 5. The fourth-order valence-electron chi connectivity index (χ4n) is 4.65. The molecule has 0 fully saturated rings. The van der Waals surface area contributed by atoms with Crippen LogP contribution in [0.25, 0.3) is 17.4 Å². The molecule has 198 valence electrons. The molecule has 2 aromatic heterocycles. The molecule has 6 nitrogen and oxygen atoms in total. The Hall–Kier alpha value is -3.98. The Morgan fingerprint density at radius 3 is 2.50 bits per heavy atom. The molecular formula is C31H21BrClN3O3S. The summed E-state index contributed by atoms with van der Waals surface area (Å²) in [7, 11) is 0. The number of rotatable bonds is 5. The average molecular weight is 631 g/mol. The Balaban J connectivity index is 1.46. The highest BCUT2D eigenvalue weighted by molar-refractivity contribution is 9.10. The van der Waals surface area contributed by atoms with Crippen LogP contribution in [-0.2, 0) is 4.79 Å². The first-order chi connectivity index (χ1) is 19.4. The SMILES string of the molecule is CC1=C(C(=O)Nc2ccccc2)[C@@H](c2ccccc2Cl)n2c(s/c(=C/c3ccc(-c4ccc(Br)cc4)o3)c2=O)=N1. The maximum absolute atomic E-state index is 13.9. The zero-order valence-corrected chi connectivity index (χ0v) is 24.3. The number of allylic oxidation sites excluding steroid dienone is 1. The number of carbonyl (C=O) groups is 1. The number of thiazole rings is 1. The third-order valence-corrected chi connectivity index (χ3v) is 8.38. The second kappa shape index (κ2) is 10.9. The highest BCUT2D eigenvalue weighted by Crippen LogP contribution is 2.34. The standard InChI is InChI=1S/C31H21BrClN3O3S/c1-18-27(29(37)35-21-7-3-2-4-8-21)28(23-9-5-6-10-24(23)33)36-30(38)26(40-31(36)34-18)17-22-15-16-25(39-22)19-11-13-20(32)14-12-19/h2-17,28H,1H3,(H,35,37)/b26-17+/t28-/m1/s1. The molecule has 1 atom stereocenters. The molecule has 1 N–H and O–H groups in total. The number of carbonyl (C=O) groups excluding carboxylic acids is 1. The van der Waals surface area contributed by atoms with Crippen molar-refractivity contribution in [3.05, 3.63) is 143 Å². The van der Waals surface area contributed by atoms with Crippen molar-refractivity contribution >= 4 is 56.5 Å². The predicted octanol–water partition coefficient (Wildman–Crippen LogP) is 6.55. The Kier molecular flexibility index (Phi) is 7.14. The summed E-state index contributed by atoms with van der Waals surface area (Å²) in [6.07, 6.45) is 1.71. The minimum atomic E-state index is -0.759. The first kappa shape index (κ1) is 26.3. The van der Waals surface area contributed by atoms with Gasteiger partial charge in [-0.3, -0.25) is 14.2 Å². The highest BCUT2D eigenvalue weighted by atomic mass is 79.9. The van der Waals surface area contributed by atoms with Gasteiger partial charge in [0.2, 0.25) is 0 Å². The Morgan fingerprint density at radius 1 is 1.02 bits per heavy atom. The molecule has 0 spiro atoms. The molecule has 3 heterocycles. The first-order valence-corrected chi connectivity index (χ1v) is 14.4. The van der Waals surface area contributed by atoms with Crippen LogP contribution in [0.4, 0.5) is 5.69 Å². The molecule has 0 saturated carbocycles. The summed E-state index contributed by atoms with van der Waals surface area (Å²) in [6, 6.07) is 27.1. The van der Waals surface area contributed by atoms with Crippen LogP contribution in [0.15, 0.2) is 121 Å². The molecule has 3 aromatic carbocycles. The van der Waals surface area contributed by atoms with Crippen molar-refractivity contribution < 1.29 is 9.21 Å². The third-order valence-electron chi connectivity index (χ3n) is 6.53. The highest BCUT2D eigenvalue weighted by Gasteiger charge is 2.33. The van der Waals surface area contributed by atoms with Crippen molar-refractivity contribution in [2.45, 2.75) is 13.0 Å². The van der Waals surface area contributed by atoms with Crippen molar-refractivity contribution in [2.24, 2.45) is 4.99 Å². The summed E-state index contributed by atoms with van der Waals surface area (Å²) in [4.78, 5) is 32.7. The predicted molar refractivity (Wildman–Crippen MR) is 162 cm³/mol. The second-order valence-corrected chi connectivity index (χ2v) is 11.5. The molecular weight excluding hydrogens is 610 g/mol. The summed E-state index contributed by atoms with van der Waals surface area (Å²) < 4.78 is 9.00. The van der Waals surface area contributed by atoms with Crippen LogP contribution in [0, 0.1) is 0 Å². The molecule has 1 amide bonds. The van der Waals surface area contributed by atoms with Crippen LogP contribution >= 0.6 is 38.9 Å². The summed E-state index contributed by atoms with van der Waals surface area (Å²) in [5, 5.41) is 3.39. The number of amides is 1. The summed E-state index contributed by atoms with van der Waals surface area (Å²) in [5.41, 5.74) is 2.79. The maximum Gasteiger partial charge on any atom is 0.271 e. The summed E-state index contributed by atoms with van der Waals surface area (Å²) >= 11 is 11.3. The number of benzene rings is 3. The lowest BCUT2D eigenvalue weighted by atomic mass is 9.95. The van der Waals surface area contributed by atoms with Crippen LogP contribution < -0.4 is 20.2 Å². The van der Waals surface area contributed by atoms with Gasteiger partial charge >= 0.3 is 0 Å². The fourth-order valence-corrected chi connectivity index (χ4v) is 6.18. The van der Waals surface area contributed by atoms with E-state index in [0.717, 1.165) is 10.0 Å². The molecule has 0 aliphatic carbocycles. The van der Waals surface area contributed by atoms with Gasteiger partial charge in [0.25, 0.3) is 11.5 Å². The van der Waals surface area contributed by atoms with E-state index in [1.165, 1.54) is 11.3 Å². The zero-order valence-electron chi connectivity index (χ0n) is 21.1. The van der Waals surface area contributed by atoms with Crippen LogP contribution in [0.1, 0.15) is 24.3 Å². The lowest BCUT2D eigenvalue weighted by molar-refractivity contribution is -0.113. The van der Waals surface area contributed by atoms with Crippen molar-refractivity contribution in [3.63, 3.8) is 0 Å². The van der Waals surface area contributed by atoms with Crippen molar-refractivity contribution in [1.29, 1.82) is 0 Å². The number of furan rings is 1. The lowest BCUT2D eigenvalue weighted by Gasteiger charge is -2.26. The number of aromatic nitrogens is 1. The van der Waals surface area contributed by atoms with E-state index in [0.29, 0.717) is 48.4 Å². The summed E-state index contributed by atoms with van der Waals surface area (Å²) in [5.74, 6) is 0.878. The van der Waals surface area contributed by atoms with Gasteiger partial charge in [0.15, 0.2) is 4.80 Å². The maximum atomic E-state index is 13.9. The van der Waals surface area contributed by atoms with Gasteiger partial charge in [0.05, 0.1) is 21.8 Å². The molecule has 0 saturated heterocycles. The zero-order chi connectivity index (χ0) is 27.8.